The fourth-order valence-corrected chi connectivity index (χ4v) is 6.56. The molecule has 4 aromatic rings. The summed E-state index contributed by atoms with van der Waals surface area (Å²) in [5, 5.41) is 8.60. The van der Waals surface area contributed by atoms with Gasteiger partial charge in [0.05, 0.1) is 6.54 Å². The summed E-state index contributed by atoms with van der Waals surface area (Å²) in [4.78, 5) is 44.9. The third kappa shape index (κ3) is 8.17. The largest absolute Gasteiger partial charge is 0.457 e. The molecule has 0 saturated carbocycles. The van der Waals surface area contributed by atoms with Crippen LogP contribution in [0.15, 0.2) is 97.1 Å². The Morgan fingerprint density at radius 1 is 0.830 bits per heavy atom. The minimum atomic E-state index is -0.834. The summed E-state index contributed by atoms with van der Waals surface area (Å²) in [6.07, 6.45) is 2.47. The van der Waals surface area contributed by atoms with E-state index in [2.05, 4.69) is 22.8 Å². The Bertz CT molecular complexity index is 1670. The molecule has 6 rings (SSSR count). The second kappa shape index (κ2) is 15.2. The van der Waals surface area contributed by atoms with Gasteiger partial charge in [-0.2, -0.15) is 0 Å². The average molecular weight is 634 g/mol. The first-order valence-electron chi connectivity index (χ1n) is 16.6. The zero-order chi connectivity index (χ0) is 32.6. The van der Waals surface area contributed by atoms with Gasteiger partial charge in [-0.05, 0) is 78.0 Å². The van der Waals surface area contributed by atoms with E-state index < -0.39 is 12.1 Å². The highest BCUT2D eigenvalue weighted by molar-refractivity contribution is 5.97. The number of nitrogens with zero attached hydrogens (tertiary/aromatic N) is 2. The highest BCUT2D eigenvalue weighted by Gasteiger charge is 2.42. The van der Waals surface area contributed by atoms with Crippen LogP contribution >= 0.6 is 0 Å². The predicted octanol–water partition coefficient (Wildman–Crippen LogP) is 4.25. The van der Waals surface area contributed by atoms with Crippen LogP contribution in [-0.2, 0) is 27.3 Å². The van der Waals surface area contributed by atoms with Gasteiger partial charge in [-0.1, -0.05) is 72.8 Å². The van der Waals surface area contributed by atoms with Gasteiger partial charge in [-0.25, -0.2) is 0 Å². The van der Waals surface area contributed by atoms with Gasteiger partial charge in [0.15, 0.2) is 0 Å². The van der Waals surface area contributed by atoms with Crippen molar-refractivity contribution in [2.45, 2.75) is 44.3 Å². The molecular weight excluding hydrogens is 590 g/mol. The number of carbonyl (C=O) groups is 3. The van der Waals surface area contributed by atoms with E-state index in [4.69, 9.17) is 10.5 Å². The number of hydrogen-bond acceptors (Lipinski definition) is 6. The maximum absolute atomic E-state index is 14.3. The summed E-state index contributed by atoms with van der Waals surface area (Å²) in [7, 11) is 0. The van der Waals surface area contributed by atoms with Crippen LogP contribution in [0.1, 0.15) is 30.4 Å². The highest BCUT2D eigenvalue weighted by Crippen LogP contribution is 2.25. The molecule has 0 bridgehead atoms. The monoisotopic (exact) mass is 633 g/mol. The Balaban J connectivity index is 1.25. The zero-order valence-electron chi connectivity index (χ0n) is 26.6. The number of rotatable bonds is 12. The lowest BCUT2D eigenvalue weighted by atomic mass is 9.95. The van der Waals surface area contributed by atoms with E-state index in [-0.39, 0.29) is 43.8 Å². The maximum Gasteiger partial charge on any atom is 0.246 e. The van der Waals surface area contributed by atoms with Crippen LogP contribution in [0.5, 0.6) is 11.5 Å². The number of nitrogens with one attached hydrogen (secondary N) is 2. The molecular formula is C38H43N5O4. The van der Waals surface area contributed by atoms with Crippen LogP contribution in [0.2, 0.25) is 0 Å². The number of para-hydroxylation sites is 1. The van der Waals surface area contributed by atoms with Crippen LogP contribution in [0.4, 0.5) is 0 Å². The Hall–Kier alpha value is -4.73. The van der Waals surface area contributed by atoms with Crippen LogP contribution in [0.3, 0.4) is 0 Å². The fraction of sp³-hybridized carbons (Fsp3) is 0.342. The summed E-state index contributed by atoms with van der Waals surface area (Å²) in [5.74, 6) is 1.22. The summed E-state index contributed by atoms with van der Waals surface area (Å²) < 4.78 is 5.97. The molecule has 2 unspecified atom stereocenters. The molecule has 2 fully saturated rings. The van der Waals surface area contributed by atoms with Gasteiger partial charge in [0.2, 0.25) is 17.7 Å². The molecule has 244 valence electrons. The number of carbonyl (C=O) groups excluding carboxylic acids is 3. The molecule has 0 spiro atoms. The standard InChI is InChI=1S/C38H43N5O4/c39-19-16-36(44)42(24-28-17-20-40-21-18-28)26-35-37(45)41-34(23-29-10-13-30-6-4-5-7-31(30)22-29)38(46)43(35)25-27-11-14-33(15-12-27)47-32-8-2-1-3-9-32/h1-15,22,28,34-35,40H,16-21,23-26,39H2,(H,41,45). The van der Waals surface area contributed by atoms with E-state index in [0.29, 0.717) is 24.6 Å². The highest BCUT2D eigenvalue weighted by atomic mass is 16.5. The topological polar surface area (TPSA) is 117 Å². The molecule has 9 heteroatoms. The fourth-order valence-electron chi connectivity index (χ4n) is 6.56. The van der Waals surface area contributed by atoms with Crippen molar-refractivity contribution in [2.24, 2.45) is 11.7 Å². The van der Waals surface area contributed by atoms with Gasteiger partial charge >= 0.3 is 0 Å². The first kappa shape index (κ1) is 32.2. The molecule has 47 heavy (non-hydrogen) atoms. The first-order valence-corrected chi connectivity index (χ1v) is 16.6. The molecule has 4 aromatic carbocycles. The molecule has 0 aromatic heterocycles. The molecule has 3 amide bonds. The lowest BCUT2D eigenvalue weighted by Crippen LogP contribution is -2.66. The molecule has 2 saturated heterocycles. The number of amides is 3. The third-order valence-electron chi connectivity index (χ3n) is 9.13. The van der Waals surface area contributed by atoms with Gasteiger partial charge < -0.3 is 30.9 Å². The van der Waals surface area contributed by atoms with Gasteiger partial charge in [0.25, 0.3) is 0 Å². The summed E-state index contributed by atoms with van der Waals surface area (Å²) in [5.41, 5.74) is 7.62. The minimum Gasteiger partial charge on any atom is -0.457 e. The molecule has 0 radical (unpaired) electrons. The third-order valence-corrected chi connectivity index (χ3v) is 9.13. The number of ether oxygens (including phenoxy) is 1. The minimum absolute atomic E-state index is 0.0908. The van der Waals surface area contributed by atoms with Gasteiger partial charge in [-0.3, -0.25) is 14.4 Å². The zero-order valence-corrected chi connectivity index (χ0v) is 26.6. The van der Waals surface area contributed by atoms with Crippen LogP contribution < -0.4 is 21.1 Å². The van der Waals surface area contributed by atoms with Crippen molar-refractivity contribution < 1.29 is 19.1 Å². The number of benzene rings is 4. The van der Waals surface area contributed by atoms with Crippen LogP contribution in [0.25, 0.3) is 10.8 Å². The average Bonchev–Trinajstić information content (AvgIpc) is 3.09. The molecule has 4 N–H and O–H groups in total. The second-order valence-electron chi connectivity index (χ2n) is 12.5. The molecule has 2 atom stereocenters. The molecule has 9 nitrogen and oxygen atoms in total. The predicted molar refractivity (Wildman–Crippen MR) is 183 cm³/mol. The van der Waals surface area contributed by atoms with Crippen molar-refractivity contribution in [3.05, 3.63) is 108 Å². The summed E-state index contributed by atoms with van der Waals surface area (Å²) in [6.45, 7) is 2.92. The number of hydrogen-bond donors (Lipinski definition) is 3. The molecule has 2 aliphatic heterocycles. The lowest BCUT2D eigenvalue weighted by molar-refractivity contribution is -0.152. The van der Waals surface area contributed by atoms with E-state index in [1.165, 1.54) is 0 Å². The Kier molecular flexibility index (Phi) is 10.4. The van der Waals surface area contributed by atoms with Crippen molar-refractivity contribution in [3.63, 3.8) is 0 Å². The number of nitrogens with two attached hydrogens (primary N) is 1. The summed E-state index contributed by atoms with van der Waals surface area (Å²) >= 11 is 0. The smallest absolute Gasteiger partial charge is 0.246 e. The van der Waals surface area contributed by atoms with Crippen molar-refractivity contribution in [3.8, 4) is 11.5 Å². The normalized spacial score (nSPS) is 18.6. The first-order chi connectivity index (χ1) is 23.0. The van der Waals surface area contributed by atoms with Crippen molar-refractivity contribution in [1.29, 1.82) is 0 Å². The maximum atomic E-state index is 14.3. The summed E-state index contributed by atoms with van der Waals surface area (Å²) in [6, 6.07) is 29.8. The number of fused-ring (bicyclic) bond motifs is 1. The van der Waals surface area contributed by atoms with Gasteiger partial charge in [-0.15, -0.1) is 0 Å². The lowest BCUT2D eigenvalue weighted by Gasteiger charge is -2.42. The van der Waals surface area contributed by atoms with Crippen molar-refractivity contribution in [1.82, 2.24) is 20.4 Å². The molecule has 2 aliphatic rings. The second-order valence-corrected chi connectivity index (χ2v) is 12.5. The Morgan fingerprint density at radius 2 is 1.51 bits per heavy atom. The van der Waals surface area contributed by atoms with E-state index in [1.807, 2.05) is 84.9 Å². The van der Waals surface area contributed by atoms with Gasteiger partial charge in [0, 0.05) is 32.5 Å². The van der Waals surface area contributed by atoms with Crippen molar-refractivity contribution >= 4 is 28.5 Å². The molecule has 2 heterocycles. The van der Waals surface area contributed by atoms with Gasteiger partial charge in [0.1, 0.15) is 23.6 Å². The van der Waals surface area contributed by atoms with E-state index in [9.17, 15) is 14.4 Å². The van der Waals surface area contributed by atoms with Crippen LogP contribution in [-0.4, -0.2) is 72.3 Å². The van der Waals surface area contributed by atoms with E-state index >= 15 is 0 Å². The Morgan fingerprint density at radius 3 is 2.26 bits per heavy atom. The number of piperidine rings is 1. The Labute approximate surface area is 276 Å². The van der Waals surface area contributed by atoms with E-state index in [0.717, 1.165) is 53.6 Å². The SMILES string of the molecule is NCCC(=O)N(CC1CCNCC1)CC1C(=O)NC(Cc2ccc3ccccc3c2)C(=O)N1Cc1ccc(Oc2ccccc2)cc1. The van der Waals surface area contributed by atoms with E-state index in [1.54, 1.807) is 9.80 Å². The van der Waals surface area contributed by atoms with Crippen molar-refractivity contribution in [2.75, 3.05) is 32.7 Å². The number of piperazine rings is 1. The molecule has 0 aliphatic carbocycles. The van der Waals surface area contributed by atoms with Crippen LogP contribution in [0, 0.1) is 5.92 Å². The quantitative estimate of drug-likeness (QED) is 0.215.